The van der Waals surface area contributed by atoms with E-state index in [-0.39, 0.29) is 17.9 Å². The molecule has 2 aromatic carbocycles. The van der Waals surface area contributed by atoms with Gasteiger partial charge in [-0.3, -0.25) is 9.59 Å². The number of ether oxygens (including phenoxy) is 1. The van der Waals surface area contributed by atoms with Crippen molar-refractivity contribution in [1.82, 2.24) is 10.2 Å². The molecule has 5 nitrogen and oxygen atoms in total. The molecule has 3 aliphatic rings. The zero-order valence-corrected chi connectivity index (χ0v) is 18.1. The van der Waals surface area contributed by atoms with E-state index in [2.05, 4.69) is 36.5 Å². The highest BCUT2D eigenvalue weighted by Crippen LogP contribution is 2.52. The SMILES string of the molecule is Cc1ccc(CCNC(=O)C2C3C=CC4(CN(Cc5ccccc5Cl)C(=O)C24)O3)cc1. The molecule has 3 heterocycles. The van der Waals surface area contributed by atoms with Crippen LogP contribution in [0.3, 0.4) is 0 Å². The minimum atomic E-state index is -0.706. The predicted molar refractivity (Wildman–Crippen MR) is 118 cm³/mol. The van der Waals surface area contributed by atoms with Gasteiger partial charge in [-0.25, -0.2) is 0 Å². The van der Waals surface area contributed by atoms with Gasteiger partial charge in [0.25, 0.3) is 0 Å². The summed E-state index contributed by atoms with van der Waals surface area (Å²) in [5.74, 6) is -1.12. The van der Waals surface area contributed by atoms with Crippen LogP contribution < -0.4 is 5.32 Å². The first-order valence-corrected chi connectivity index (χ1v) is 11.1. The molecule has 0 radical (unpaired) electrons. The third-order valence-electron chi connectivity index (χ3n) is 6.63. The third kappa shape index (κ3) is 3.56. The summed E-state index contributed by atoms with van der Waals surface area (Å²) < 4.78 is 6.20. The Labute approximate surface area is 187 Å². The van der Waals surface area contributed by atoms with Crippen LogP contribution in [0.25, 0.3) is 0 Å². The second-order valence-corrected chi connectivity index (χ2v) is 9.12. The topological polar surface area (TPSA) is 58.6 Å². The monoisotopic (exact) mass is 436 g/mol. The number of amides is 2. The molecule has 0 aromatic heterocycles. The molecule has 3 aliphatic heterocycles. The molecule has 0 aliphatic carbocycles. The van der Waals surface area contributed by atoms with Crippen LogP contribution in [0, 0.1) is 18.8 Å². The van der Waals surface area contributed by atoms with Gasteiger partial charge in [0.2, 0.25) is 11.8 Å². The third-order valence-corrected chi connectivity index (χ3v) is 7.00. The van der Waals surface area contributed by atoms with Gasteiger partial charge < -0.3 is 15.0 Å². The van der Waals surface area contributed by atoms with Crippen molar-refractivity contribution < 1.29 is 14.3 Å². The number of hydrogen-bond acceptors (Lipinski definition) is 3. The number of hydrogen-bond donors (Lipinski definition) is 1. The lowest BCUT2D eigenvalue weighted by molar-refractivity contribution is -0.137. The average Bonchev–Trinajstić information content (AvgIpc) is 3.39. The normalized spacial score (nSPS) is 28.3. The van der Waals surface area contributed by atoms with E-state index in [1.165, 1.54) is 11.1 Å². The van der Waals surface area contributed by atoms with Crippen LogP contribution in [0.5, 0.6) is 0 Å². The molecule has 0 saturated carbocycles. The molecule has 1 spiro atoms. The van der Waals surface area contributed by atoms with E-state index in [1.807, 2.05) is 36.4 Å². The van der Waals surface area contributed by atoms with Gasteiger partial charge in [-0.1, -0.05) is 71.8 Å². The highest BCUT2D eigenvalue weighted by molar-refractivity contribution is 6.31. The maximum absolute atomic E-state index is 13.3. The molecule has 4 unspecified atom stereocenters. The molecule has 1 N–H and O–H groups in total. The van der Waals surface area contributed by atoms with E-state index in [0.29, 0.717) is 24.7 Å². The number of aryl methyl sites for hydroxylation is 1. The Morgan fingerprint density at radius 3 is 2.77 bits per heavy atom. The van der Waals surface area contributed by atoms with Crippen molar-refractivity contribution in [2.45, 2.75) is 31.6 Å². The Morgan fingerprint density at radius 1 is 1.23 bits per heavy atom. The predicted octanol–water partition coefficient (Wildman–Crippen LogP) is 3.29. The van der Waals surface area contributed by atoms with Crippen molar-refractivity contribution in [3.8, 4) is 0 Å². The second-order valence-electron chi connectivity index (χ2n) is 8.71. The van der Waals surface area contributed by atoms with E-state index in [9.17, 15) is 9.59 Å². The van der Waals surface area contributed by atoms with Crippen LogP contribution in [0.15, 0.2) is 60.7 Å². The summed E-state index contributed by atoms with van der Waals surface area (Å²) in [6.07, 6.45) is 4.33. The van der Waals surface area contributed by atoms with Crippen molar-refractivity contribution in [2.24, 2.45) is 11.8 Å². The number of rotatable bonds is 6. The Bertz CT molecular complexity index is 1050. The van der Waals surface area contributed by atoms with E-state index in [4.69, 9.17) is 16.3 Å². The number of carbonyl (C=O) groups is 2. The Morgan fingerprint density at radius 2 is 2.00 bits per heavy atom. The van der Waals surface area contributed by atoms with Gasteiger partial charge in [0.15, 0.2) is 0 Å². The highest BCUT2D eigenvalue weighted by Gasteiger charge is 2.66. The fourth-order valence-electron chi connectivity index (χ4n) is 5.05. The van der Waals surface area contributed by atoms with Crippen molar-refractivity contribution in [2.75, 3.05) is 13.1 Å². The summed E-state index contributed by atoms with van der Waals surface area (Å²) in [5, 5.41) is 3.67. The lowest BCUT2D eigenvalue weighted by atomic mass is 9.77. The Kier molecular flexibility index (Phi) is 5.11. The molecule has 160 valence electrons. The summed E-state index contributed by atoms with van der Waals surface area (Å²) in [5.41, 5.74) is 2.58. The van der Waals surface area contributed by atoms with Crippen molar-refractivity contribution in [3.05, 3.63) is 82.4 Å². The largest absolute Gasteiger partial charge is 0.360 e. The molecule has 31 heavy (non-hydrogen) atoms. The lowest BCUT2D eigenvalue weighted by Gasteiger charge is -2.23. The zero-order valence-electron chi connectivity index (χ0n) is 17.4. The molecule has 4 atom stereocenters. The van der Waals surface area contributed by atoms with Crippen LogP contribution in [0.4, 0.5) is 0 Å². The molecule has 2 aromatic rings. The van der Waals surface area contributed by atoms with Crippen LogP contribution in [0.1, 0.15) is 16.7 Å². The van der Waals surface area contributed by atoms with Gasteiger partial charge in [-0.05, 0) is 30.5 Å². The molecule has 5 rings (SSSR count). The highest BCUT2D eigenvalue weighted by atomic mass is 35.5. The minimum absolute atomic E-state index is 0.0366. The van der Waals surface area contributed by atoms with Crippen molar-refractivity contribution >= 4 is 23.4 Å². The summed E-state index contributed by atoms with van der Waals surface area (Å²) in [6, 6.07) is 15.8. The number of nitrogens with one attached hydrogen (secondary N) is 1. The summed E-state index contributed by atoms with van der Waals surface area (Å²) in [6.45, 7) is 3.45. The van der Waals surface area contributed by atoms with E-state index >= 15 is 0 Å². The number of nitrogens with zero attached hydrogens (tertiary/aromatic N) is 1. The molecular formula is C25H25ClN2O3. The number of likely N-dealkylation sites (tertiary alicyclic amines) is 1. The second kappa shape index (κ2) is 7.81. The van der Waals surface area contributed by atoms with Crippen LogP contribution in [-0.4, -0.2) is 41.5 Å². The molecular weight excluding hydrogens is 412 g/mol. The van der Waals surface area contributed by atoms with Gasteiger partial charge in [0, 0.05) is 18.1 Å². The van der Waals surface area contributed by atoms with E-state index in [0.717, 1.165) is 12.0 Å². The number of carbonyl (C=O) groups excluding carboxylic acids is 2. The van der Waals surface area contributed by atoms with Gasteiger partial charge in [0.05, 0.1) is 24.5 Å². The van der Waals surface area contributed by atoms with Crippen molar-refractivity contribution in [1.29, 1.82) is 0 Å². The van der Waals surface area contributed by atoms with Crippen LogP contribution >= 0.6 is 11.6 Å². The molecule has 2 saturated heterocycles. The summed E-state index contributed by atoms with van der Waals surface area (Å²) in [4.78, 5) is 28.2. The molecule has 2 amide bonds. The van der Waals surface area contributed by atoms with Gasteiger partial charge in [-0.15, -0.1) is 0 Å². The molecule has 2 fully saturated rings. The lowest BCUT2D eigenvalue weighted by Crippen LogP contribution is -2.44. The maximum atomic E-state index is 13.3. The average molecular weight is 437 g/mol. The van der Waals surface area contributed by atoms with Crippen LogP contribution in [-0.2, 0) is 27.3 Å². The number of benzene rings is 2. The smallest absolute Gasteiger partial charge is 0.230 e. The standard InChI is InChI=1S/C25H25ClN2O3/c1-16-6-8-17(9-7-16)11-13-27-23(29)21-20-10-12-25(31-20)15-28(24(30)22(21)25)14-18-4-2-3-5-19(18)26/h2-10,12,20-22H,11,13-15H2,1H3,(H,27,29). The quantitative estimate of drug-likeness (QED) is 0.707. The van der Waals surface area contributed by atoms with Gasteiger partial charge >= 0.3 is 0 Å². The summed E-state index contributed by atoms with van der Waals surface area (Å²) >= 11 is 6.30. The Hall–Kier alpha value is -2.63. The first-order chi connectivity index (χ1) is 15.0. The minimum Gasteiger partial charge on any atom is -0.360 e. The number of fused-ring (bicyclic) bond motifs is 1. The molecule has 2 bridgehead atoms. The first kappa shape index (κ1) is 20.3. The van der Waals surface area contributed by atoms with Gasteiger partial charge in [0.1, 0.15) is 5.60 Å². The zero-order chi connectivity index (χ0) is 21.6. The maximum Gasteiger partial charge on any atom is 0.230 e. The van der Waals surface area contributed by atoms with Crippen molar-refractivity contribution in [3.63, 3.8) is 0 Å². The fourth-order valence-corrected chi connectivity index (χ4v) is 5.24. The number of halogens is 1. The fraction of sp³-hybridized carbons (Fsp3) is 0.360. The summed E-state index contributed by atoms with van der Waals surface area (Å²) in [7, 11) is 0. The van der Waals surface area contributed by atoms with Crippen LogP contribution in [0.2, 0.25) is 5.02 Å². The van der Waals surface area contributed by atoms with E-state index in [1.54, 1.807) is 4.90 Å². The Balaban J connectivity index is 1.27. The van der Waals surface area contributed by atoms with Gasteiger partial charge in [-0.2, -0.15) is 0 Å². The van der Waals surface area contributed by atoms with E-state index < -0.39 is 17.4 Å². The first-order valence-electron chi connectivity index (χ1n) is 10.7. The molecule has 6 heteroatoms.